The lowest BCUT2D eigenvalue weighted by atomic mass is 10.0. The molecule has 0 N–H and O–H groups in total. The molecule has 0 aromatic carbocycles. The summed E-state index contributed by atoms with van der Waals surface area (Å²) < 4.78 is 23.6. The highest BCUT2D eigenvalue weighted by Crippen LogP contribution is 2.58. The topological polar surface area (TPSA) is 36.9 Å². The lowest BCUT2D eigenvalue weighted by molar-refractivity contribution is 0.0851. The standard InChI is InChI=1S/C12H24O4P2/c1-9-11(3,4)15-17(13-9)7-8-18-14-10(2)12(5,6)16-18/h9-10H,7-8H2,1-6H3/t9-,10-,17-,18+/m0/s1. The molecule has 0 spiro atoms. The van der Waals surface area contributed by atoms with E-state index in [0.29, 0.717) is 0 Å². The van der Waals surface area contributed by atoms with Crippen molar-refractivity contribution in [1.29, 1.82) is 0 Å². The van der Waals surface area contributed by atoms with Crippen LogP contribution in [0.25, 0.3) is 0 Å². The van der Waals surface area contributed by atoms with Crippen molar-refractivity contribution in [2.45, 2.75) is 65.0 Å². The number of rotatable bonds is 3. The van der Waals surface area contributed by atoms with Crippen molar-refractivity contribution in [3.63, 3.8) is 0 Å². The van der Waals surface area contributed by atoms with Crippen LogP contribution in [0.15, 0.2) is 0 Å². The van der Waals surface area contributed by atoms with Crippen LogP contribution in [0.5, 0.6) is 0 Å². The molecular weight excluding hydrogens is 270 g/mol. The van der Waals surface area contributed by atoms with Crippen molar-refractivity contribution in [3.05, 3.63) is 0 Å². The van der Waals surface area contributed by atoms with E-state index in [1.165, 1.54) is 0 Å². The normalized spacial score (nSPS) is 42.3. The molecular formula is C12H24O4P2. The predicted molar refractivity (Wildman–Crippen MR) is 75.0 cm³/mol. The van der Waals surface area contributed by atoms with Crippen LogP contribution in [0.2, 0.25) is 0 Å². The molecule has 2 saturated heterocycles. The largest absolute Gasteiger partial charge is 0.328 e. The molecule has 4 nitrogen and oxygen atoms in total. The van der Waals surface area contributed by atoms with Gasteiger partial charge in [-0.15, -0.1) is 0 Å². The van der Waals surface area contributed by atoms with Gasteiger partial charge in [0.25, 0.3) is 0 Å². The molecule has 0 bridgehead atoms. The molecule has 2 heterocycles. The monoisotopic (exact) mass is 294 g/mol. The first-order valence-electron chi connectivity index (χ1n) is 6.47. The minimum Gasteiger partial charge on any atom is -0.328 e. The fourth-order valence-electron chi connectivity index (χ4n) is 1.68. The molecule has 2 aliphatic heterocycles. The van der Waals surface area contributed by atoms with Crippen LogP contribution in [0, 0.1) is 0 Å². The Morgan fingerprint density at radius 3 is 1.33 bits per heavy atom. The first kappa shape index (κ1) is 15.1. The van der Waals surface area contributed by atoms with Crippen molar-refractivity contribution < 1.29 is 18.1 Å². The molecule has 106 valence electrons. The predicted octanol–water partition coefficient (Wildman–Crippen LogP) is 4.04. The van der Waals surface area contributed by atoms with Crippen molar-refractivity contribution in [2.75, 3.05) is 12.3 Å². The van der Waals surface area contributed by atoms with Crippen molar-refractivity contribution in [1.82, 2.24) is 0 Å². The maximum Gasteiger partial charge on any atom is 0.171 e. The summed E-state index contributed by atoms with van der Waals surface area (Å²) in [6.07, 6.45) is 2.13. The number of hydrogen-bond donors (Lipinski definition) is 0. The van der Waals surface area contributed by atoms with E-state index in [4.69, 9.17) is 18.1 Å². The maximum atomic E-state index is 5.94. The van der Waals surface area contributed by atoms with Crippen LogP contribution in [0.1, 0.15) is 41.5 Å². The maximum absolute atomic E-state index is 5.94. The highest BCUT2D eigenvalue weighted by atomic mass is 31.2. The number of hydrogen-bond acceptors (Lipinski definition) is 4. The second-order valence-electron chi connectivity index (χ2n) is 6.00. The summed E-state index contributed by atoms with van der Waals surface area (Å²) in [6, 6.07) is 0. The summed E-state index contributed by atoms with van der Waals surface area (Å²) in [5.74, 6) is 0. The molecule has 0 unspecified atom stereocenters. The van der Waals surface area contributed by atoms with Gasteiger partial charge in [0.15, 0.2) is 16.8 Å². The third kappa shape index (κ3) is 3.23. The Bertz CT molecular complexity index is 278. The van der Waals surface area contributed by atoms with E-state index in [0.717, 1.165) is 12.3 Å². The summed E-state index contributed by atoms with van der Waals surface area (Å²) in [5.41, 5.74) is -0.328. The molecule has 18 heavy (non-hydrogen) atoms. The Morgan fingerprint density at radius 1 is 0.778 bits per heavy atom. The Balaban J connectivity index is 1.77. The molecule has 0 amide bonds. The molecule has 2 aliphatic rings. The van der Waals surface area contributed by atoms with E-state index in [1.54, 1.807) is 0 Å². The third-order valence-corrected chi connectivity index (χ3v) is 7.63. The first-order chi connectivity index (χ1) is 8.21. The van der Waals surface area contributed by atoms with E-state index in [1.807, 2.05) is 0 Å². The Labute approximate surface area is 113 Å². The lowest BCUT2D eigenvalue weighted by Gasteiger charge is -2.19. The van der Waals surface area contributed by atoms with Gasteiger partial charge < -0.3 is 18.1 Å². The lowest BCUT2D eigenvalue weighted by Crippen LogP contribution is -2.29. The highest BCUT2D eigenvalue weighted by molar-refractivity contribution is 7.51. The van der Waals surface area contributed by atoms with Gasteiger partial charge in [0.2, 0.25) is 0 Å². The summed E-state index contributed by atoms with van der Waals surface area (Å²) in [7, 11) is -1.56. The van der Waals surface area contributed by atoms with Gasteiger partial charge in [-0.3, -0.25) is 0 Å². The van der Waals surface area contributed by atoms with Crippen molar-refractivity contribution in [2.24, 2.45) is 0 Å². The van der Waals surface area contributed by atoms with Crippen LogP contribution < -0.4 is 0 Å². The Hall–Kier alpha value is 0.700. The molecule has 0 aliphatic carbocycles. The fourth-order valence-corrected chi connectivity index (χ4v) is 6.03. The average molecular weight is 294 g/mol. The van der Waals surface area contributed by atoms with Crippen molar-refractivity contribution in [3.8, 4) is 0 Å². The van der Waals surface area contributed by atoms with E-state index in [2.05, 4.69) is 41.5 Å². The molecule has 2 rings (SSSR count). The molecule has 0 aromatic heterocycles. The summed E-state index contributed by atoms with van der Waals surface area (Å²) in [5, 5.41) is 0. The van der Waals surface area contributed by atoms with E-state index >= 15 is 0 Å². The molecule has 0 aromatic rings. The molecule has 4 atom stereocenters. The summed E-state index contributed by atoms with van der Waals surface area (Å²) >= 11 is 0. The van der Waals surface area contributed by atoms with Crippen LogP contribution in [0.3, 0.4) is 0 Å². The zero-order chi connectivity index (χ0) is 13.6. The van der Waals surface area contributed by atoms with E-state index < -0.39 is 16.8 Å². The van der Waals surface area contributed by atoms with Crippen LogP contribution in [-0.4, -0.2) is 35.7 Å². The first-order valence-corrected chi connectivity index (χ1v) is 9.20. The zero-order valence-electron chi connectivity index (χ0n) is 12.1. The van der Waals surface area contributed by atoms with Gasteiger partial charge >= 0.3 is 0 Å². The highest BCUT2D eigenvalue weighted by Gasteiger charge is 2.43. The molecule has 0 saturated carbocycles. The SMILES string of the molecule is C[C@@H]1O[P@@](CC[P@@]2O[C@@H](C)C(C)(C)O2)OC1(C)C. The van der Waals surface area contributed by atoms with Gasteiger partial charge in [0, 0.05) is 12.3 Å². The summed E-state index contributed by atoms with van der Waals surface area (Å²) in [6.45, 7) is 12.5. The Morgan fingerprint density at radius 2 is 1.11 bits per heavy atom. The Kier molecular flexibility index (Phi) is 4.39. The minimum absolute atomic E-state index is 0.164. The van der Waals surface area contributed by atoms with Gasteiger partial charge in [-0.1, -0.05) is 0 Å². The van der Waals surface area contributed by atoms with Crippen LogP contribution >= 0.6 is 16.8 Å². The third-order valence-electron chi connectivity index (χ3n) is 3.65. The van der Waals surface area contributed by atoms with Gasteiger partial charge in [-0.05, 0) is 41.5 Å². The van der Waals surface area contributed by atoms with Gasteiger partial charge in [-0.25, -0.2) is 0 Å². The summed E-state index contributed by atoms with van der Waals surface area (Å²) in [4.78, 5) is 0. The van der Waals surface area contributed by atoms with Crippen molar-refractivity contribution >= 4 is 16.8 Å². The van der Waals surface area contributed by atoms with Gasteiger partial charge in [0.05, 0.1) is 23.4 Å². The van der Waals surface area contributed by atoms with Crippen LogP contribution in [-0.2, 0) is 18.1 Å². The quantitative estimate of drug-likeness (QED) is 0.736. The molecule has 2 fully saturated rings. The second kappa shape index (κ2) is 5.24. The minimum atomic E-state index is -0.778. The fraction of sp³-hybridized carbons (Fsp3) is 1.00. The molecule has 0 radical (unpaired) electrons. The average Bonchev–Trinajstić information content (AvgIpc) is 2.62. The van der Waals surface area contributed by atoms with Gasteiger partial charge in [-0.2, -0.15) is 0 Å². The van der Waals surface area contributed by atoms with Crippen LogP contribution in [0.4, 0.5) is 0 Å². The zero-order valence-corrected chi connectivity index (χ0v) is 13.9. The van der Waals surface area contributed by atoms with Gasteiger partial charge in [0.1, 0.15) is 0 Å². The van der Waals surface area contributed by atoms with E-state index in [-0.39, 0.29) is 23.4 Å². The molecule has 6 heteroatoms. The smallest absolute Gasteiger partial charge is 0.171 e. The van der Waals surface area contributed by atoms with E-state index in [9.17, 15) is 0 Å². The second-order valence-corrected chi connectivity index (χ2v) is 9.01.